The summed E-state index contributed by atoms with van der Waals surface area (Å²) in [6, 6.07) is 7.61. The van der Waals surface area contributed by atoms with Gasteiger partial charge in [-0.3, -0.25) is 4.79 Å². The van der Waals surface area contributed by atoms with Crippen LogP contribution in [0.3, 0.4) is 0 Å². The lowest BCUT2D eigenvalue weighted by Crippen LogP contribution is -2.43. The fourth-order valence-corrected chi connectivity index (χ4v) is 1.89. The van der Waals surface area contributed by atoms with Crippen LogP contribution in [-0.2, 0) is 9.53 Å². The van der Waals surface area contributed by atoms with Crippen LogP contribution in [-0.4, -0.2) is 24.7 Å². The lowest BCUT2D eigenvalue weighted by atomic mass is 10.1. The Balaban J connectivity index is 2.05. The Morgan fingerprint density at radius 2 is 2.00 bits per heavy atom. The van der Waals surface area contributed by atoms with Crippen LogP contribution >= 0.6 is 0 Å². The van der Waals surface area contributed by atoms with E-state index >= 15 is 0 Å². The standard InChI is InChI=1S/C14H19NO3/c1-14(2,3)15-13(16)12-11(18-12)9-7-5-6-8-10(9)17-4/h5-8,11-12H,1-4H3,(H,15,16). The highest BCUT2D eigenvalue weighted by Gasteiger charge is 2.48. The van der Waals surface area contributed by atoms with Gasteiger partial charge in [-0.2, -0.15) is 0 Å². The molecule has 1 aromatic rings. The Bertz CT molecular complexity index is 451. The van der Waals surface area contributed by atoms with Crippen LogP contribution in [0.4, 0.5) is 0 Å². The minimum Gasteiger partial charge on any atom is -0.496 e. The second kappa shape index (κ2) is 4.61. The molecule has 1 amide bonds. The van der Waals surface area contributed by atoms with Crippen LogP contribution in [0.15, 0.2) is 24.3 Å². The highest BCUT2D eigenvalue weighted by atomic mass is 16.6. The molecule has 18 heavy (non-hydrogen) atoms. The number of methoxy groups -OCH3 is 1. The monoisotopic (exact) mass is 249 g/mol. The van der Waals surface area contributed by atoms with E-state index in [0.29, 0.717) is 0 Å². The molecular formula is C14H19NO3. The number of para-hydroxylation sites is 1. The number of nitrogens with one attached hydrogen (secondary N) is 1. The van der Waals surface area contributed by atoms with Gasteiger partial charge in [0.25, 0.3) is 5.91 Å². The number of ether oxygens (including phenoxy) is 2. The average molecular weight is 249 g/mol. The van der Waals surface area contributed by atoms with Crippen molar-refractivity contribution in [1.29, 1.82) is 0 Å². The second-order valence-electron chi connectivity index (χ2n) is 5.46. The van der Waals surface area contributed by atoms with Crippen LogP contribution in [0.1, 0.15) is 32.4 Å². The van der Waals surface area contributed by atoms with E-state index < -0.39 is 6.10 Å². The molecular weight excluding hydrogens is 230 g/mol. The minimum absolute atomic E-state index is 0.0709. The maximum atomic E-state index is 11.9. The average Bonchev–Trinajstić information content (AvgIpc) is 3.06. The summed E-state index contributed by atoms with van der Waals surface area (Å²) in [6.07, 6.45) is -0.593. The van der Waals surface area contributed by atoms with Crippen molar-refractivity contribution in [2.24, 2.45) is 0 Å². The van der Waals surface area contributed by atoms with Crippen LogP contribution in [0.25, 0.3) is 0 Å². The van der Waals surface area contributed by atoms with Gasteiger partial charge in [-0.05, 0) is 26.8 Å². The zero-order valence-corrected chi connectivity index (χ0v) is 11.2. The summed E-state index contributed by atoms with van der Waals surface area (Å²) < 4.78 is 10.7. The van der Waals surface area contributed by atoms with Crippen molar-refractivity contribution in [3.8, 4) is 5.75 Å². The molecule has 2 rings (SSSR count). The summed E-state index contributed by atoms with van der Waals surface area (Å²) in [7, 11) is 1.62. The quantitative estimate of drug-likeness (QED) is 0.834. The summed E-state index contributed by atoms with van der Waals surface area (Å²) in [5, 5.41) is 2.91. The molecule has 2 unspecified atom stereocenters. The predicted molar refractivity (Wildman–Crippen MR) is 68.5 cm³/mol. The second-order valence-corrected chi connectivity index (χ2v) is 5.46. The number of benzene rings is 1. The summed E-state index contributed by atoms with van der Waals surface area (Å²) in [5.41, 5.74) is 0.683. The molecule has 1 fully saturated rings. The first-order valence-electron chi connectivity index (χ1n) is 6.03. The molecule has 0 aliphatic carbocycles. The van der Waals surface area contributed by atoms with Crippen molar-refractivity contribution in [3.05, 3.63) is 29.8 Å². The molecule has 4 heteroatoms. The van der Waals surface area contributed by atoms with Crippen molar-refractivity contribution >= 4 is 5.91 Å². The zero-order chi connectivity index (χ0) is 13.3. The molecule has 1 saturated heterocycles. The van der Waals surface area contributed by atoms with Crippen LogP contribution in [0.5, 0.6) is 5.75 Å². The zero-order valence-electron chi connectivity index (χ0n) is 11.2. The van der Waals surface area contributed by atoms with Crippen molar-refractivity contribution in [3.63, 3.8) is 0 Å². The molecule has 1 aromatic carbocycles. The van der Waals surface area contributed by atoms with Gasteiger partial charge < -0.3 is 14.8 Å². The molecule has 1 aliphatic heterocycles. The Morgan fingerprint density at radius 1 is 1.33 bits per heavy atom. The van der Waals surface area contributed by atoms with E-state index in [4.69, 9.17) is 9.47 Å². The molecule has 0 aromatic heterocycles. The summed E-state index contributed by atoms with van der Waals surface area (Å²) in [5.74, 6) is 0.687. The van der Waals surface area contributed by atoms with Crippen LogP contribution in [0, 0.1) is 0 Å². The van der Waals surface area contributed by atoms with Crippen LogP contribution in [0.2, 0.25) is 0 Å². The highest BCUT2D eigenvalue weighted by Crippen LogP contribution is 2.42. The Hall–Kier alpha value is -1.55. The van der Waals surface area contributed by atoms with E-state index in [1.165, 1.54) is 0 Å². The topological polar surface area (TPSA) is 50.9 Å². The number of amides is 1. The fourth-order valence-electron chi connectivity index (χ4n) is 1.89. The Morgan fingerprint density at radius 3 is 2.61 bits per heavy atom. The Labute approximate surface area is 107 Å². The molecule has 1 N–H and O–H groups in total. The first-order valence-corrected chi connectivity index (χ1v) is 6.03. The maximum Gasteiger partial charge on any atom is 0.252 e. The number of hydrogen-bond acceptors (Lipinski definition) is 3. The first kappa shape index (κ1) is 12.9. The van der Waals surface area contributed by atoms with Crippen molar-refractivity contribution in [2.75, 3.05) is 7.11 Å². The van der Waals surface area contributed by atoms with Crippen molar-refractivity contribution < 1.29 is 14.3 Å². The molecule has 0 bridgehead atoms. The molecule has 1 heterocycles. The van der Waals surface area contributed by atoms with Gasteiger partial charge in [0.05, 0.1) is 7.11 Å². The number of carbonyl (C=O) groups excluding carboxylic acids is 1. The third-order valence-corrected chi connectivity index (χ3v) is 2.69. The largest absolute Gasteiger partial charge is 0.496 e. The van der Waals surface area contributed by atoms with E-state index in [0.717, 1.165) is 11.3 Å². The van der Waals surface area contributed by atoms with Crippen LogP contribution < -0.4 is 10.1 Å². The SMILES string of the molecule is COc1ccccc1C1OC1C(=O)NC(C)(C)C. The first-order chi connectivity index (χ1) is 8.42. The number of rotatable bonds is 3. The van der Waals surface area contributed by atoms with Gasteiger partial charge in [-0.1, -0.05) is 18.2 Å². The number of epoxide rings is 1. The van der Waals surface area contributed by atoms with Crippen molar-refractivity contribution in [1.82, 2.24) is 5.32 Å². The molecule has 0 saturated carbocycles. The van der Waals surface area contributed by atoms with E-state index in [1.54, 1.807) is 7.11 Å². The van der Waals surface area contributed by atoms with E-state index in [-0.39, 0.29) is 17.6 Å². The lowest BCUT2D eigenvalue weighted by molar-refractivity contribution is -0.123. The third kappa shape index (κ3) is 2.82. The van der Waals surface area contributed by atoms with Gasteiger partial charge >= 0.3 is 0 Å². The lowest BCUT2D eigenvalue weighted by Gasteiger charge is -2.19. The van der Waals surface area contributed by atoms with Crippen molar-refractivity contribution in [2.45, 2.75) is 38.5 Å². The van der Waals surface area contributed by atoms with E-state index in [9.17, 15) is 4.79 Å². The third-order valence-electron chi connectivity index (χ3n) is 2.69. The van der Waals surface area contributed by atoms with E-state index in [2.05, 4.69) is 5.32 Å². The molecule has 0 spiro atoms. The number of carbonyl (C=O) groups is 1. The number of hydrogen-bond donors (Lipinski definition) is 1. The smallest absolute Gasteiger partial charge is 0.252 e. The van der Waals surface area contributed by atoms with Gasteiger partial charge in [0.1, 0.15) is 11.9 Å². The van der Waals surface area contributed by atoms with Gasteiger partial charge in [-0.25, -0.2) is 0 Å². The van der Waals surface area contributed by atoms with Gasteiger partial charge in [-0.15, -0.1) is 0 Å². The van der Waals surface area contributed by atoms with Gasteiger partial charge in [0.2, 0.25) is 0 Å². The molecule has 1 aliphatic rings. The summed E-state index contributed by atoms with van der Waals surface area (Å²) in [6.45, 7) is 5.85. The Kier molecular flexibility index (Phi) is 3.30. The fraction of sp³-hybridized carbons (Fsp3) is 0.500. The molecule has 2 atom stereocenters. The maximum absolute atomic E-state index is 11.9. The van der Waals surface area contributed by atoms with Gasteiger partial charge in [0.15, 0.2) is 6.10 Å². The summed E-state index contributed by atoms with van der Waals surface area (Å²) >= 11 is 0. The van der Waals surface area contributed by atoms with E-state index in [1.807, 2.05) is 45.0 Å². The molecule has 4 nitrogen and oxygen atoms in total. The summed E-state index contributed by atoms with van der Waals surface area (Å²) in [4.78, 5) is 11.9. The predicted octanol–water partition coefficient (Wildman–Crippen LogP) is 2.05. The van der Waals surface area contributed by atoms with Gasteiger partial charge in [0, 0.05) is 11.1 Å². The highest BCUT2D eigenvalue weighted by molar-refractivity contribution is 5.84. The minimum atomic E-state index is -0.402. The molecule has 0 radical (unpaired) electrons. The normalized spacial score (nSPS) is 22.4. The molecule has 98 valence electrons.